The fraction of sp³-hybridized carbons (Fsp3) is 1.00. The third kappa shape index (κ3) is 10.2. The highest BCUT2D eigenvalue weighted by Crippen LogP contribution is 2.36. The molecule has 0 heterocycles. The molecule has 68 valence electrons. The van der Waals surface area contributed by atoms with Crippen LogP contribution in [0.2, 0.25) is 0 Å². The molecule has 0 aromatic rings. The molecule has 0 fully saturated rings. The summed E-state index contributed by atoms with van der Waals surface area (Å²) in [5.74, 6) is 0. The van der Waals surface area contributed by atoms with E-state index in [1.165, 1.54) is 19.5 Å². The lowest BCUT2D eigenvalue weighted by atomic mass is 10.2. The van der Waals surface area contributed by atoms with E-state index in [1.54, 1.807) is 0 Å². The molecule has 0 aromatic carbocycles. The van der Waals surface area contributed by atoms with Gasteiger partial charge in [0.05, 0.1) is 6.61 Å². The number of hydrogen-bond acceptors (Lipinski definition) is 2. The van der Waals surface area contributed by atoms with Gasteiger partial charge in [-0.1, -0.05) is 26.2 Å². The van der Waals surface area contributed by atoms with Gasteiger partial charge in [-0.2, -0.15) is 0 Å². The molecule has 0 aromatic heterocycles. The van der Waals surface area contributed by atoms with Gasteiger partial charge in [-0.15, -0.1) is 0 Å². The van der Waals surface area contributed by atoms with Gasteiger partial charge >= 0.3 is 7.60 Å². The molecule has 0 aliphatic rings. The molecule has 0 bridgehead atoms. The van der Waals surface area contributed by atoms with Crippen LogP contribution in [0, 0.1) is 0 Å². The molecule has 1 N–H and O–H groups in total. The molecular formula is C7H17O3P. The molecule has 1 unspecified atom stereocenters. The number of rotatable bonds is 6. The van der Waals surface area contributed by atoms with E-state index in [1.807, 2.05) is 0 Å². The summed E-state index contributed by atoms with van der Waals surface area (Å²) in [7, 11) is -3.21. The SMILES string of the molecule is CCCCCCOP(C)(=O)O. The largest absolute Gasteiger partial charge is 0.325 e. The summed E-state index contributed by atoms with van der Waals surface area (Å²) in [4.78, 5) is 8.71. The van der Waals surface area contributed by atoms with Crippen LogP contribution in [0.15, 0.2) is 0 Å². The summed E-state index contributed by atoms with van der Waals surface area (Å²) in [6, 6.07) is 0. The van der Waals surface area contributed by atoms with Gasteiger partial charge in [0, 0.05) is 6.66 Å². The highest BCUT2D eigenvalue weighted by molar-refractivity contribution is 7.51. The van der Waals surface area contributed by atoms with Crippen molar-refractivity contribution in [2.45, 2.75) is 32.6 Å². The maximum Gasteiger partial charge on any atom is 0.325 e. The Labute approximate surface area is 68.3 Å². The summed E-state index contributed by atoms with van der Waals surface area (Å²) >= 11 is 0. The van der Waals surface area contributed by atoms with Crippen LogP contribution in [0.5, 0.6) is 0 Å². The van der Waals surface area contributed by atoms with Crippen LogP contribution >= 0.6 is 7.60 Å². The van der Waals surface area contributed by atoms with Crippen LogP contribution in [0.25, 0.3) is 0 Å². The normalized spacial score (nSPS) is 16.3. The van der Waals surface area contributed by atoms with Gasteiger partial charge in [-0.3, -0.25) is 4.57 Å². The maximum absolute atomic E-state index is 10.6. The summed E-state index contributed by atoms with van der Waals surface area (Å²) < 4.78 is 15.3. The average Bonchev–Trinajstić information content (AvgIpc) is 1.85. The molecule has 0 amide bonds. The molecule has 0 spiro atoms. The molecule has 0 rings (SSSR count). The van der Waals surface area contributed by atoms with Crippen molar-refractivity contribution in [1.29, 1.82) is 0 Å². The van der Waals surface area contributed by atoms with E-state index < -0.39 is 7.60 Å². The lowest BCUT2D eigenvalue weighted by Crippen LogP contribution is -1.91. The van der Waals surface area contributed by atoms with Crippen LogP contribution in [0.1, 0.15) is 32.6 Å². The second kappa shape index (κ2) is 5.76. The van der Waals surface area contributed by atoms with E-state index in [2.05, 4.69) is 11.4 Å². The van der Waals surface area contributed by atoms with Gasteiger partial charge in [-0.25, -0.2) is 0 Å². The van der Waals surface area contributed by atoms with E-state index in [-0.39, 0.29) is 0 Å². The summed E-state index contributed by atoms with van der Waals surface area (Å²) in [6.07, 6.45) is 4.30. The second-order valence-corrected chi connectivity index (χ2v) is 4.56. The van der Waals surface area contributed by atoms with Gasteiger partial charge in [0.25, 0.3) is 0 Å². The summed E-state index contributed by atoms with van der Waals surface area (Å²) in [5.41, 5.74) is 0. The topological polar surface area (TPSA) is 46.5 Å². The zero-order chi connectivity index (χ0) is 8.74. The highest BCUT2D eigenvalue weighted by Gasteiger charge is 2.07. The number of unbranched alkanes of at least 4 members (excludes halogenated alkanes) is 3. The minimum absolute atomic E-state index is 0.407. The van der Waals surface area contributed by atoms with Crippen molar-refractivity contribution in [2.75, 3.05) is 13.3 Å². The fourth-order valence-electron chi connectivity index (χ4n) is 0.763. The Balaban J connectivity index is 3.09. The van der Waals surface area contributed by atoms with Crippen LogP contribution in [0.3, 0.4) is 0 Å². The predicted octanol–water partition coefficient (Wildman–Crippen LogP) is 2.40. The molecule has 0 aliphatic carbocycles. The number of hydrogen-bond donors (Lipinski definition) is 1. The van der Waals surface area contributed by atoms with Gasteiger partial charge in [0.2, 0.25) is 0 Å². The lowest BCUT2D eigenvalue weighted by molar-refractivity contribution is 0.258. The van der Waals surface area contributed by atoms with E-state index in [0.717, 1.165) is 12.8 Å². The van der Waals surface area contributed by atoms with E-state index >= 15 is 0 Å². The Morgan fingerprint density at radius 2 is 2.00 bits per heavy atom. The highest BCUT2D eigenvalue weighted by atomic mass is 31.2. The van der Waals surface area contributed by atoms with Crippen molar-refractivity contribution in [1.82, 2.24) is 0 Å². The molecule has 0 saturated carbocycles. The molecule has 0 aliphatic heterocycles. The quantitative estimate of drug-likeness (QED) is 0.504. The minimum atomic E-state index is -3.21. The third-order valence-electron chi connectivity index (χ3n) is 1.33. The second-order valence-electron chi connectivity index (χ2n) is 2.70. The summed E-state index contributed by atoms with van der Waals surface area (Å²) in [6.45, 7) is 3.74. The molecule has 1 atom stereocenters. The molecule has 0 radical (unpaired) electrons. The monoisotopic (exact) mass is 180 g/mol. The smallest absolute Gasteiger partial charge is 0.324 e. The van der Waals surface area contributed by atoms with Crippen LogP contribution < -0.4 is 0 Å². The van der Waals surface area contributed by atoms with Crippen molar-refractivity contribution in [3.8, 4) is 0 Å². The molecule has 0 saturated heterocycles. The Kier molecular flexibility index (Phi) is 5.83. The van der Waals surface area contributed by atoms with Crippen LogP contribution in [0.4, 0.5) is 0 Å². The van der Waals surface area contributed by atoms with Crippen molar-refractivity contribution in [3.63, 3.8) is 0 Å². The van der Waals surface area contributed by atoms with Gasteiger partial charge in [0.15, 0.2) is 0 Å². The van der Waals surface area contributed by atoms with Crippen molar-refractivity contribution >= 4 is 7.60 Å². The van der Waals surface area contributed by atoms with Gasteiger partial charge in [0.1, 0.15) is 0 Å². The summed E-state index contributed by atoms with van der Waals surface area (Å²) in [5, 5.41) is 0. The first-order valence-electron chi connectivity index (χ1n) is 4.01. The molecule has 11 heavy (non-hydrogen) atoms. The minimum Gasteiger partial charge on any atom is -0.324 e. The van der Waals surface area contributed by atoms with Crippen molar-refractivity contribution < 1.29 is 14.0 Å². The third-order valence-corrected chi connectivity index (χ3v) is 1.99. The van der Waals surface area contributed by atoms with Crippen molar-refractivity contribution in [2.24, 2.45) is 0 Å². The first-order valence-corrected chi connectivity index (χ1v) is 6.03. The standard InChI is InChI=1S/C7H17O3P/c1-3-4-5-6-7-10-11(2,8)9/h3-7H2,1-2H3,(H,8,9). The lowest BCUT2D eigenvalue weighted by Gasteiger charge is -2.05. The zero-order valence-electron chi connectivity index (χ0n) is 7.25. The van der Waals surface area contributed by atoms with E-state index in [9.17, 15) is 4.57 Å². The molecule has 3 nitrogen and oxygen atoms in total. The Morgan fingerprint density at radius 1 is 1.36 bits per heavy atom. The maximum atomic E-state index is 10.6. The zero-order valence-corrected chi connectivity index (χ0v) is 8.14. The fourth-order valence-corrected chi connectivity index (χ4v) is 1.23. The Bertz CT molecular complexity index is 130. The predicted molar refractivity (Wildman–Crippen MR) is 45.8 cm³/mol. The molecular weight excluding hydrogens is 163 g/mol. The van der Waals surface area contributed by atoms with Crippen molar-refractivity contribution in [3.05, 3.63) is 0 Å². The Morgan fingerprint density at radius 3 is 2.45 bits per heavy atom. The van der Waals surface area contributed by atoms with Gasteiger partial charge < -0.3 is 9.42 Å². The van der Waals surface area contributed by atoms with Gasteiger partial charge in [-0.05, 0) is 6.42 Å². The first kappa shape index (κ1) is 11.2. The van der Waals surface area contributed by atoms with E-state index in [0.29, 0.717) is 6.61 Å². The molecule has 4 heteroatoms. The average molecular weight is 180 g/mol. The Hall–Kier alpha value is 0.150. The van der Waals surface area contributed by atoms with Crippen LogP contribution in [-0.4, -0.2) is 18.2 Å². The van der Waals surface area contributed by atoms with Crippen LogP contribution in [-0.2, 0) is 9.09 Å². The first-order chi connectivity index (χ1) is 5.06. The van der Waals surface area contributed by atoms with E-state index in [4.69, 9.17) is 4.89 Å².